The molecule has 0 aromatic carbocycles. The third-order valence-corrected chi connectivity index (χ3v) is 3.29. The summed E-state index contributed by atoms with van der Waals surface area (Å²) in [5, 5.41) is 0. The molecule has 14 heavy (non-hydrogen) atoms. The minimum Gasteiger partial charge on any atom is -0.327 e. The monoisotopic (exact) mass is 199 g/mol. The van der Waals surface area contributed by atoms with Crippen LogP contribution in [0.5, 0.6) is 0 Å². The van der Waals surface area contributed by atoms with Crippen LogP contribution in [0.15, 0.2) is 11.6 Å². The lowest BCUT2D eigenvalue weighted by Crippen LogP contribution is -2.40. The lowest BCUT2D eigenvalue weighted by Gasteiger charge is -2.30. The number of hydrogen-bond donors (Lipinski definition) is 1. The Hall–Kier alpha value is -0.370. The molecule has 1 atom stereocenters. The third-order valence-electron chi connectivity index (χ3n) is 3.29. The number of alkyl halides is 1. The van der Waals surface area contributed by atoms with Gasteiger partial charge >= 0.3 is 0 Å². The van der Waals surface area contributed by atoms with Crippen LogP contribution in [0, 0.1) is 5.92 Å². The Bertz CT molecular complexity index is 210. The Morgan fingerprint density at radius 3 is 2.71 bits per heavy atom. The Balaban J connectivity index is 2.81. The molecule has 0 aromatic heterocycles. The van der Waals surface area contributed by atoms with E-state index in [1.54, 1.807) is 0 Å². The normalized spacial score (nSPS) is 22.8. The molecule has 2 N–H and O–H groups in total. The highest BCUT2D eigenvalue weighted by Crippen LogP contribution is 2.34. The first-order chi connectivity index (χ1) is 6.61. The van der Waals surface area contributed by atoms with Crippen LogP contribution in [-0.2, 0) is 0 Å². The highest BCUT2D eigenvalue weighted by Gasteiger charge is 2.35. The molecule has 0 amide bonds. The van der Waals surface area contributed by atoms with Crippen molar-refractivity contribution in [3.05, 3.63) is 11.6 Å². The van der Waals surface area contributed by atoms with E-state index < -0.39 is 5.67 Å². The molecular weight excluding hydrogens is 177 g/mol. The summed E-state index contributed by atoms with van der Waals surface area (Å²) in [7, 11) is 0. The van der Waals surface area contributed by atoms with Gasteiger partial charge in [-0.1, -0.05) is 26.3 Å². The zero-order valence-electron chi connectivity index (χ0n) is 9.35. The molecule has 0 saturated carbocycles. The summed E-state index contributed by atoms with van der Waals surface area (Å²) in [5.74, 6) is -0.0168. The molecule has 1 rings (SSSR count). The van der Waals surface area contributed by atoms with Crippen molar-refractivity contribution in [2.75, 3.05) is 6.54 Å². The van der Waals surface area contributed by atoms with Crippen LogP contribution in [0.2, 0.25) is 0 Å². The average molecular weight is 199 g/mol. The first-order valence-corrected chi connectivity index (χ1v) is 5.69. The van der Waals surface area contributed by atoms with Crippen molar-refractivity contribution in [2.45, 2.75) is 51.6 Å². The van der Waals surface area contributed by atoms with E-state index in [9.17, 15) is 4.39 Å². The number of rotatable bonds is 3. The summed E-state index contributed by atoms with van der Waals surface area (Å²) >= 11 is 0. The van der Waals surface area contributed by atoms with Crippen LogP contribution in [-0.4, -0.2) is 12.2 Å². The van der Waals surface area contributed by atoms with Crippen molar-refractivity contribution < 1.29 is 4.39 Å². The quantitative estimate of drug-likeness (QED) is 0.694. The van der Waals surface area contributed by atoms with E-state index >= 15 is 0 Å². The average Bonchev–Trinajstić information content (AvgIpc) is 2.44. The van der Waals surface area contributed by atoms with E-state index in [2.05, 4.69) is 6.08 Å². The van der Waals surface area contributed by atoms with Crippen LogP contribution in [0.1, 0.15) is 46.0 Å². The van der Waals surface area contributed by atoms with Crippen molar-refractivity contribution in [1.29, 1.82) is 0 Å². The zero-order chi connectivity index (χ0) is 10.6. The fourth-order valence-corrected chi connectivity index (χ4v) is 2.13. The maximum atomic E-state index is 14.5. The Morgan fingerprint density at radius 1 is 1.43 bits per heavy atom. The van der Waals surface area contributed by atoms with Crippen molar-refractivity contribution in [3.63, 3.8) is 0 Å². The van der Waals surface area contributed by atoms with Gasteiger partial charge in [-0.2, -0.15) is 0 Å². The van der Waals surface area contributed by atoms with Crippen molar-refractivity contribution in [3.8, 4) is 0 Å². The van der Waals surface area contributed by atoms with E-state index in [-0.39, 0.29) is 12.5 Å². The molecule has 2 heteroatoms. The van der Waals surface area contributed by atoms with E-state index in [4.69, 9.17) is 5.73 Å². The molecule has 1 unspecified atom stereocenters. The van der Waals surface area contributed by atoms with Crippen LogP contribution in [0.25, 0.3) is 0 Å². The minimum absolute atomic E-state index is 0.0168. The summed E-state index contributed by atoms with van der Waals surface area (Å²) < 4.78 is 14.5. The van der Waals surface area contributed by atoms with E-state index in [0.717, 1.165) is 24.8 Å². The second-order valence-corrected chi connectivity index (χ2v) is 4.55. The lowest BCUT2D eigenvalue weighted by atomic mass is 9.82. The van der Waals surface area contributed by atoms with Gasteiger partial charge in [-0.15, -0.1) is 0 Å². The summed E-state index contributed by atoms with van der Waals surface area (Å²) in [6.07, 6.45) is 7.53. The Labute approximate surface area is 86.6 Å². The molecule has 1 aliphatic rings. The Morgan fingerprint density at radius 2 is 2.14 bits per heavy atom. The van der Waals surface area contributed by atoms with E-state index in [1.165, 1.54) is 12.8 Å². The largest absolute Gasteiger partial charge is 0.327 e. The molecule has 0 bridgehead atoms. The van der Waals surface area contributed by atoms with Gasteiger partial charge in [0.25, 0.3) is 0 Å². The molecule has 0 fully saturated rings. The predicted octanol–water partition coefficient (Wildman–Crippen LogP) is 3.20. The van der Waals surface area contributed by atoms with Gasteiger partial charge in [0.15, 0.2) is 0 Å². The second-order valence-electron chi connectivity index (χ2n) is 4.55. The summed E-state index contributed by atoms with van der Waals surface area (Å²) in [4.78, 5) is 0. The molecule has 0 spiro atoms. The van der Waals surface area contributed by atoms with Crippen LogP contribution < -0.4 is 5.73 Å². The molecule has 82 valence electrons. The van der Waals surface area contributed by atoms with Gasteiger partial charge in [-0.05, 0) is 37.2 Å². The fourth-order valence-electron chi connectivity index (χ4n) is 2.13. The number of halogens is 1. The standard InChI is InChI=1S/C12H22FN/c1-10(2)12(13,9-14)11-7-5-3-4-6-8-11/h7,10H,3-6,8-9,14H2,1-2H3. The van der Waals surface area contributed by atoms with Gasteiger partial charge in [0.05, 0.1) is 0 Å². The topological polar surface area (TPSA) is 26.0 Å². The highest BCUT2D eigenvalue weighted by atomic mass is 19.1. The van der Waals surface area contributed by atoms with Gasteiger partial charge in [0.2, 0.25) is 0 Å². The van der Waals surface area contributed by atoms with Crippen molar-refractivity contribution in [2.24, 2.45) is 11.7 Å². The molecule has 1 nitrogen and oxygen atoms in total. The fraction of sp³-hybridized carbons (Fsp3) is 0.833. The molecule has 1 aliphatic carbocycles. The van der Waals surface area contributed by atoms with E-state index in [0.29, 0.717) is 0 Å². The van der Waals surface area contributed by atoms with Gasteiger partial charge in [-0.3, -0.25) is 0 Å². The van der Waals surface area contributed by atoms with Crippen LogP contribution in [0.3, 0.4) is 0 Å². The first-order valence-electron chi connectivity index (χ1n) is 5.69. The SMILES string of the molecule is CC(C)C(F)(CN)C1=CCCCCC1. The molecule has 0 heterocycles. The summed E-state index contributed by atoms with van der Waals surface area (Å²) in [6, 6.07) is 0. The first kappa shape index (κ1) is 11.7. The van der Waals surface area contributed by atoms with Gasteiger partial charge in [0.1, 0.15) is 5.67 Å². The smallest absolute Gasteiger partial charge is 0.146 e. The number of nitrogens with two attached hydrogens (primary N) is 1. The molecule has 0 radical (unpaired) electrons. The molecule has 0 saturated heterocycles. The highest BCUT2D eigenvalue weighted by molar-refractivity contribution is 5.20. The maximum Gasteiger partial charge on any atom is 0.146 e. The second kappa shape index (κ2) is 4.92. The summed E-state index contributed by atoms with van der Waals surface area (Å²) in [5.41, 5.74) is 5.27. The van der Waals surface area contributed by atoms with Gasteiger partial charge in [0, 0.05) is 6.54 Å². The lowest BCUT2D eigenvalue weighted by molar-refractivity contribution is 0.149. The third kappa shape index (κ3) is 2.35. The van der Waals surface area contributed by atoms with E-state index in [1.807, 2.05) is 13.8 Å². The number of allylic oxidation sites excluding steroid dienone is 1. The van der Waals surface area contributed by atoms with Crippen LogP contribution in [0.4, 0.5) is 4.39 Å². The maximum absolute atomic E-state index is 14.5. The summed E-state index contributed by atoms with van der Waals surface area (Å²) in [6.45, 7) is 3.95. The van der Waals surface area contributed by atoms with Crippen molar-refractivity contribution >= 4 is 0 Å². The van der Waals surface area contributed by atoms with Gasteiger partial charge < -0.3 is 5.73 Å². The molecular formula is C12H22FN. The van der Waals surface area contributed by atoms with Crippen molar-refractivity contribution in [1.82, 2.24) is 0 Å². The number of hydrogen-bond acceptors (Lipinski definition) is 1. The zero-order valence-corrected chi connectivity index (χ0v) is 9.35. The molecule has 0 aromatic rings. The van der Waals surface area contributed by atoms with Gasteiger partial charge in [-0.25, -0.2) is 4.39 Å². The van der Waals surface area contributed by atoms with Crippen LogP contribution >= 0.6 is 0 Å². The molecule has 0 aliphatic heterocycles. The Kier molecular flexibility index (Phi) is 4.11. The predicted molar refractivity (Wildman–Crippen MR) is 58.9 cm³/mol. The minimum atomic E-state index is -1.26.